The number of nitrogens with one attached hydrogen (secondary N) is 1. The fourth-order valence-electron chi connectivity index (χ4n) is 4.21. The van der Waals surface area contributed by atoms with Crippen molar-refractivity contribution in [1.82, 2.24) is 10.2 Å². The molecule has 0 radical (unpaired) electrons. The van der Waals surface area contributed by atoms with Crippen LogP contribution in [0, 0.1) is 6.92 Å². The lowest BCUT2D eigenvalue weighted by atomic mass is 10.1. The third-order valence-electron chi connectivity index (χ3n) is 6.47. The SMILES string of the molecule is CCCCNC(=O)C(CC)N(Cc1ccc(C)cc1)C(=O)CN(c1cccc(Cl)c1)S(=O)(=O)c1ccc(Cl)cc1. The second-order valence-corrected chi connectivity index (χ2v) is 12.3. The zero-order chi connectivity index (χ0) is 29.3. The number of benzene rings is 3. The lowest BCUT2D eigenvalue weighted by molar-refractivity contribution is -0.140. The number of nitrogens with zero attached hydrogens (tertiary/aromatic N) is 2. The highest BCUT2D eigenvalue weighted by molar-refractivity contribution is 7.92. The van der Waals surface area contributed by atoms with Gasteiger partial charge in [0.2, 0.25) is 11.8 Å². The number of carbonyl (C=O) groups excluding carboxylic acids is 2. The van der Waals surface area contributed by atoms with Crippen molar-refractivity contribution in [2.45, 2.75) is 57.5 Å². The van der Waals surface area contributed by atoms with Crippen LogP contribution in [0.15, 0.2) is 77.7 Å². The number of amides is 2. The molecule has 7 nitrogen and oxygen atoms in total. The van der Waals surface area contributed by atoms with E-state index in [1.807, 2.05) is 45.0 Å². The topological polar surface area (TPSA) is 86.8 Å². The fraction of sp³-hybridized carbons (Fsp3) is 0.333. The van der Waals surface area contributed by atoms with Gasteiger partial charge in [0.25, 0.3) is 10.0 Å². The Morgan fingerprint density at radius 3 is 2.20 bits per heavy atom. The van der Waals surface area contributed by atoms with Crippen LogP contribution in [0.3, 0.4) is 0 Å². The van der Waals surface area contributed by atoms with Gasteiger partial charge in [-0.3, -0.25) is 13.9 Å². The van der Waals surface area contributed by atoms with Crippen molar-refractivity contribution in [3.8, 4) is 0 Å². The molecule has 0 aliphatic rings. The first-order valence-corrected chi connectivity index (χ1v) is 15.4. The van der Waals surface area contributed by atoms with Crippen LogP contribution in [0.2, 0.25) is 10.0 Å². The van der Waals surface area contributed by atoms with Crippen LogP contribution in [-0.2, 0) is 26.2 Å². The van der Waals surface area contributed by atoms with Crippen LogP contribution < -0.4 is 9.62 Å². The zero-order valence-electron chi connectivity index (χ0n) is 22.9. The average Bonchev–Trinajstić information content (AvgIpc) is 2.93. The van der Waals surface area contributed by atoms with Gasteiger partial charge < -0.3 is 10.2 Å². The van der Waals surface area contributed by atoms with E-state index >= 15 is 0 Å². The summed E-state index contributed by atoms with van der Waals surface area (Å²) in [7, 11) is -4.20. The summed E-state index contributed by atoms with van der Waals surface area (Å²) in [5.41, 5.74) is 2.12. The van der Waals surface area contributed by atoms with Crippen molar-refractivity contribution in [2.24, 2.45) is 0 Å². The molecule has 1 unspecified atom stereocenters. The molecule has 3 aromatic rings. The molecule has 3 rings (SSSR count). The third-order valence-corrected chi connectivity index (χ3v) is 8.74. The number of rotatable bonds is 13. The van der Waals surface area contributed by atoms with Crippen LogP contribution in [0.4, 0.5) is 5.69 Å². The highest BCUT2D eigenvalue weighted by atomic mass is 35.5. The van der Waals surface area contributed by atoms with Gasteiger partial charge in [0.15, 0.2) is 0 Å². The van der Waals surface area contributed by atoms with Gasteiger partial charge in [-0.05, 0) is 67.8 Å². The summed E-state index contributed by atoms with van der Waals surface area (Å²) >= 11 is 12.2. The van der Waals surface area contributed by atoms with Crippen LogP contribution in [0.25, 0.3) is 0 Å². The number of unbranched alkanes of at least 4 members (excludes halogenated alkanes) is 1. The number of sulfonamides is 1. The molecule has 2 amide bonds. The molecule has 0 bridgehead atoms. The van der Waals surface area contributed by atoms with E-state index in [9.17, 15) is 18.0 Å². The highest BCUT2D eigenvalue weighted by Crippen LogP contribution is 2.27. The predicted molar refractivity (Wildman–Crippen MR) is 161 cm³/mol. The fourth-order valence-corrected chi connectivity index (χ4v) is 5.93. The van der Waals surface area contributed by atoms with Crippen molar-refractivity contribution in [2.75, 3.05) is 17.4 Å². The molecule has 1 atom stereocenters. The Balaban J connectivity index is 2.03. The van der Waals surface area contributed by atoms with E-state index in [2.05, 4.69) is 5.32 Å². The Bertz CT molecular complexity index is 1400. The molecule has 0 spiro atoms. The Hall–Kier alpha value is -3.07. The van der Waals surface area contributed by atoms with Gasteiger partial charge in [-0.1, -0.05) is 79.4 Å². The summed E-state index contributed by atoms with van der Waals surface area (Å²) in [4.78, 5) is 28.7. The van der Waals surface area contributed by atoms with Gasteiger partial charge >= 0.3 is 0 Å². The van der Waals surface area contributed by atoms with E-state index in [0.29, 0.717) is 23.0 Å². The Morgan fingerprint density at radius 1 is 0.925 bits per heavy atom. The van der Waals surface area contributed by atoms with E-state index in [1.54, 1.807) is 18.2 Å². The van der Waals surface area contributed by atoms with Crippen molar-refractivity contribution in [3.63, 3.8) is 0 Å². The lowest BCUT2D eigenvalue weighted by Crippen LogP contribution is -2.52. The molecular weight excluding hydrogens is 569 g/mol. The van der Waals surface area contributed by atoms with E-state index in [1.165, 1.54) is 35.2 Å². The molecule has 0 aliphatic heterocycles. The quantitative estimate of drug-likeness (QED) is 0.235. The monoisotopic (exact) mass is 603 g/mol. The van der Waals surface area contributed by atoms with E-state index < -0.39 is 28.5 Å². The van der Waals surface area contributed by atoms with Gasteiger partial charge in [-0.15, -0.1) is 0 Å². The minimum Gasteiger partial charge on any atom is -0.354 e. The molecule has 0 heterocycles. The number of carbonyl (C=O) groups is 2. The molecule has 1 N–H and O–H groups in total. The number of aryl methyl sites for hydroxylation is 1. The second-order valence-electron chi connectivity index (χ2n) is 9.52. The summed E-state index contributed by atoms with van der Waals surface area (Å²) in [6.07, 6.45) is 2.09. The first-order valence-electron chi connectivity index (χ1n) is 13.2. The van der Waals surface area contributed by atoms with Crippen molar-refractivity contribution in [1.29, 1.82) is 0 Å². The highest BCUT2D eigenvalue weighted by Gasteiger charge is 2.33. The normalized spacial score (nSPS) is 12.0. The van der Waals surface area contributed by atoms with E-state index in [4.69, 9.17) is 23.2 Å². The summed E-state index contributed by atoms with van der Waals surface area (Å²) in [5, 5.41) is 3.63. The van der Waals surface area contributed by atoms with Crippen molar-refractivity contribution >= 4 is 50.7 Å². The van der Waals surface area contributed by atoms with Crippen molar-refractivity contribution < 1.29 is 18.0 Å². The molecule has 3 aromatic carbocycles. The van der Waals surface area contributed by atoms with Gasteiger partial charge in [-0.25, -0.2) is 8.42 Å². The smallest absolute Gasteiger partial charge is 0.264 e. The van der Waals surface area contributed by atoms with Crippen molar-refractivity contribution in [3.05, 3.63) is 94.0 Å². The van der Waals surface area contributed by atoms with Crippen LogP contribution in [0.1, 0.15) is 44.2 Å². The Morgan fingerprint density at radius 2 is 1.60 bits per heavy atom. The maximum absolute atomic E-state index is 14.0. The summed E-state index contributed by atoms with van der Waals surface area (Å²) in [5.74, 6) is -0.790. The van der Waals surface area contributed by atoms with Crippen LogP contribution in [-0.4, -0.2) is 44.3 Å². The van der Waals surface area contributed by atoms with Crippen LogP contribution in [0.5, 0.6) is 0 Å². The Labute approximate surface area is 247 Å². The molecule has 0 saturated carbocycles. The lowest BCUT2D eigenvalue weighted by Gasteiger charge is -2.33. The van der Waals surface area contributed by atoms with E-state index in [-0.39, 0.29) is 23.0 Å². The standard InChI is InChI=1S/C30H35Cl2N3O4S/c1-4-6-18-33-30(37)28(5-2)34(20-23-12-10-22(3)11-13-23)29(36)21-35(26-9-7-8-25(32)19-26)40(38,39)27-16-14-24(31)15-17-27/h7-17,19,28H,4-6,18,20-21H2,1-3H3,(H,33,37). The predicted octanol–water partition coefficient (Wildman–Crippen LogP) is 6.22. The molecule has 214 valence electrons. The molecule has 0 fully saturated rings. The maximum Gasteiger partial charge on any atom is 0.264 e. The van der Waals surface area contributed by atoms with Gasteiger partial charge in [-0.2, -0.15) is 0 Å². The van der Waals surface area contributed by atoms with E-state index in [0.717, 1.165) is 28.3 Å². The van der Waals surface area contributed by atoms with Crippen LogP contribution >= 0.6 is 23.2 Å². The summed E-state index contributed by atoms with van der Waals surface area (Å²) < 4.78 is 28.7. The second kappa shape index (κ2) is 14.5. The average molecular weight is 605 g/mol. The number of halogens is 2. The van der Waals surface area contributed by atoms with Gasteiger partial charge in [0.05, 0.1) is 10.6 Å². The number of hydrogen-bond acceptors (Lipinski definition) is 4. The summed E-state index contributed by atoms with van der Waals surface area (Å²) in [6.45, 7) is 5.94. The molecule has 0 aliphatic carbocycles. The Kier molecular flexibility index (Phi) is 11.4. The molecule has 0 aromatic heterocycles. The molecule has 0 saturated heterocycles. The minimum atomic E-state index is -4.20. The molecule has 10 heteroatoms. The summed E-state index contributed by atoms with van der Waals surface area (Å²) in [6, 6.07) is 18.9. The first-order chi connectivity index (χ1) is 19.1. The third kappa shape index (κ3) is 8.22. The minimum absolute atomic E-state index is 0.0286. The molecule has 40 heavy (non-hydrogen) atoms. The largest absolute Gasteiger partial charge is 0.354 e. The zero-order valence-corrected chi connectivity index (χ0v) is 25.3. The van der Waals surface area contributed by atoms with Gasteiger partial charge in [0.1, 0.15) is 12.6 Å². The first kappa shape index (κ1) is 31.5. The van der Waals surface area contributed by atoms with Gasteiger partial charge in [0, 0.05) is 23.1 Å². The molecular formula is C30H35Cl2N3O4S. The number of anilines is 1. The maximum atomic E-state index is 14.0. The number of hydrogen-bond donors (Lipinski definition) is 1.